The van der Waals surface area contributed by atoms with E-state index in [4.69, 9.17) is 11.5 Å². The highest BCUT2D eigenvalue weighted by Crippen LogP contribution is 2.07. The van der Waals surface area contributed by atoms with Gasteiger partial charge in [-0.3, -0.25) is 14.4 Å². The number of hydrogen-bond acceptors (Lipinski definition) is 5. The summed E-state index contributed by atoms with van der Waals surface area (Å²) in [5, 5.41) is 5.22. The fraction of sp³-hybridized carbons (Fsp3) is 0.786. The van der Waals surface area contributed by atoms with Crippen LogP contribution >= 0.6 is 12.6 Å². The SMILES string of the molecule is CC(C)C[C@H](NC(=O)[C@H](CCCCN)NC(=O)CS)C(N)=O. The maximum Gasteiger partial charge on any atom is 0.243 e. The second-order valence-electron chi connectivity index (χ2n) is 5.66. The van der Waals surface area contributed by atoms with Gasteiger partial charge in [0, 0.05) is 0 Å². The van der Waals surface area contributed by atoms with E-state index in [2.05, 4.69) is 23.3 Å². The molecule has 0 aromatic rings. The predicted molar refractivity (Wildman–Crippen MR) is 89.3 cm³/mol. The molecule has 0 aromatic heterocycles. The van der Waals surface area contributed by atoms with Gasteiger partial charge in [-0.15, -0.1) is 0 Å². The van der Waals surface area contributed by atoms with E-state index in [-0.39, 0.29) is 17.6 Å². The molecular weight excluding hydrogens is 304 g/mol. The minimum Gasteiger partial charge on any atom is -0.368 e. The predicted octanol–water partition coefficient (Wildman–Crippen LogP) is -0.454. The summed E-state index contributed by atoms with van der Waals surface area (Å²) in [6.07, 6.45) is 2.37. The molecule has 0 rings (SSSR count). The summed E-state index contributed by atoms with van der Waals surface area (Å²) in [5.74, 6) is -1.12. The Bertz CT molecular complexity index is 377. The van der Waals surface area contributed by atoms with E-state index in [1.807, 2.05) is 13.8 Å². The van der Waals surface area contributed by atoms with Crippen LogP contribution in [0.3, 0.4) is 0 Å². The van der Waals surface area contributed by atoms with E-state index in [0.29, 0.717) is 25.8 Å². The van der Waals surface area contributed by atoms with Crippen molar-refractivity contribution in [1.82, 2.24) is 10.6 Å². The summed E-state index contributed by atoms with van der Waals surface area (Å²) in [5.41, 5.74) is 10.7. The van der Waals surface area contributed by atoms with Gasteiger partial charge in [-0.2, -0.15) is 12.6 Å². The highest BCUT2D eigenvalue weighted by Gasteiger charge is 2.25. The van der Waals surface area contributed by atoms with E-state index in [9.17, 15) is 14.4 Å². The Morgan fingerprint density at radius 1 is 1.09 bits per heavy atom. The lowest BCUT2D eigenvalue weighted by molar-refractivity contribution is -0.131. The van der Waals surface area contributed by atoms with Crippen LogP contribution in [0.15, 0.2) is 0 Å². The third-order valence-electron chi connectivity index (χ3n) is 3.11. The number of rotatable bonds is 11. The molecule has 2 atom stereocenters. The second kappa shape index (κ2) is 11.3. The van der Waals surface area contributed by atoms with E-state index in [1.165, 1.54) is 0 Å². The number of carbonyl (C=O) groups is 3. The molecule has 0 bridgehead atoms. The van der Waals surface area contributed by atoms with Gasteiger partial charge < -0.3 is 22.1 Å². The van der Waals surface area contributed by atoms with Crippen molar-refractivity contribution in [2.24, 2.45) is 17.4 Å². The molecule has 22 heavy (non-hydrogen) atoms. The van der Waals surface area contributed by atoms with Gasteiger partial charge in [0.2, 0.25) is 17.7 Å². The van der Waals surface area contributed by atoms with Gasteiger partial charge in [0.05, 0.1) is 5.75 Å². The van der Waals surface area contributed by atoms with Gasteiger partial charge in [-0.05, 0) is 38.1 Å². The van der Waals surface area contributed by atoms with Crippen molar-refractivity contribution in [3.63, 3.8) is 0 Å². The minimum atomic E-state index is -0.739. The number of amides is 3. The first kappa shape index (κ1) is 20.7. The molecule has 8 heteroatoms. The number of nitrogens with two attached hydrogens (primary N) is 2. The van der Waals surface area contributed by atoms with Crippen LogP contribution in [0.4, 0.5) is 0 Å². The van der Waals surface area contributed by atoms with Crippen molar-refractivity contribution in [3.05, 3.63) is 0 Å². The van der Waals surface area contributed by atoms with Crippen LogP contribution in [0.1, 0.15) is 39.5 Å². The molecule has 0 aromatic carbocycles. The molecule has 0 aliphatic rings. The smallest absolute Gasteiger partial charge is 0.243 e. The maximum atomic E-state index is 12.3. The Morgan fingerprint density at radius 2 is 1.73 bits per heavy atom. The number of primary amides is 1. The normalized spacial score (nSPS) is 13.5. The van der Waals surface area contributed by atoms with E-state index >= 15 is 0 Å². The molecule has 0 spiro atoms. The Hall–Kier alpha value is -1.28. The number of hydrogen-bond donors (Lipinski definition) is 5. The Kier molecular flexibility index (Phi) is 10.7. The fourth-order valence-corrected chi connectivity index (χ4v) is 2.08. The van der Waals surface area contributed by atoms with Crippen molar-refractivity contribution in [2.45, 2.75) is 51.6 Å². The standard InChI is InChI=1S/C14H28N4O3S/c1-9(2)7-11(13(16)20)18-14(21)10(5-3-4-6-15)17-12(19)8-22/h9-11,22H,3-8,15H2,1-2H3,(H2,16,20)(H,17,19)(H,18,21)/t10-,11-/m0/s1. The number of nitrogens with one attached hydrogen (secondary N) is 2. The fourth-order valence-electron chi connectivity index (χ4n) is 1.99. The van der Waals surface area contributed by atoms with Gasteiger partial charge >= 0.3 is 0 Å². The zero-order valence-corrected chi connectivity index (χ0v) is 14.2. The molecule has 0 saturated heterocycles. The summed E-state index contributed by atoms with van der Waals surface area (Å²) < 4.78 is 0. The molecule has 0 aliphatic carbocycles. The first-order chi connectivity index (χ1) is 10.3. The van der Waals surface area contributed by atoms with Crippen LogP contribution < -0.4 is 22.1 Å². The molecule has 0 heterocycles. The van der Waals surface area contributed by atoms with Crippen LogP contribution in [0, 0.1) is 5.92 Å². The number of carbonyl (C=O) groups excluding carboxylic acids is 3. The lowest BCUT2D eigenvalue weighted by atomic mass is 10.0. The Labute approximate surface area is 137 Å². The van der Waals surface area contributed by atoms with E-state index in [0.717, 1.165) is 6.42 Å². The summed E-state index contributed by atoms with van der Waals surface area (Å²) in [4.78, 5) is 35.2. The van der Waals surface area contributed by atoms with Gasteiger partial charge in [0.25, 0.3) is 0 Å². The molecule has 3 amide bonds. The summed E-state index contributed by atoms with van der Waals surface area (Å²) in [6, 6.07) is -1.45. The summed E-state index contributed by atoms with van der Waals surface area (Å²) >= 11 is 3.88. The van der Waals surface area contributed by atoms with Crippen molar-refractivity contribution >= 4 is 30.4 Å². The second-order valence-corrected chi connectivity index (χ2v) is 5.97. The summed E-state index contributed by atoms with van der Waals surface area (Å²) in [6.45, 7) is 4.39. The highest BCUT2D eigenvalue weighted by molar-refractivity contribution is 7.81. The van der Waals surface area contributed by atoms with E-state index < -0.39 is 23.9 Å². The average Bonchev–Trinajstić information content (AvgIpc) is 2.44. The molecule has 128 valence electrons. The van der Waals surface area contributed by atoms with Gasteiger partial charge in [0.15, 0.2) is 0 Å². The number of thiol groups is 1. The van der Waals surface area contributed by atoms with Crippen molar-refractivity contribution in [2.75, 3.05) is 12.3 Å². The molecule has 0 radical (unpaired) electrons. The summed E-state index contributed by atoms with van der Waals surface area (Å²) in [7, 11) is 0. The Morgan fingerprint density at radius 3 is 2.18 bits per heavy atom. The van der Waals surface area contributed by atoms with Crippen LogP contribution in [-0.4, -0.2) is 42.1 Å². The monoisotopic (exact) mass is 332 g/mol. The molecule has 0 saturated carbocycles. The van der Waals surface area contributed by atoms with Crippen LogP contribution in [0.25, 0.3) is 0 Å². The van der Waals surface area contributed by atoms with Gasteiger partial charge in [-0.25, -0.2) is 0 Å². The molecule has 0 fully saturated rings. The molecule has 0 aliphatic heterocycles. The van der Waals surface area contributed by atoms with Gasteiger partial charge in [0.1, 0.15) is 12.1 Å². The molecule has 6 N–H and O–H groups in total. The highest BCUT2D eigenvalue weighted by atomic mass is 32.1. The first-order valence-electron chi connectivity index (χ1n) is 7.51. The largest absolute Gasteiger partial charge is 0.368 e. The van der Waals surface area contributed by atoms with Crippen molar-refractivity contribution < 1.29 is 14.4 Å². The Balaban J connectivity index is 4.75. The third-order valence-corrected chi connectivity index (χ3v) is 3.40. The van der Waals surface area contributed by atoms with Crippen molar-refractivity contribution in [3.8, 4) is 0 Å². The third kappa shape index (κ3) is 8.89. The first-order valence-corrected chi connectivity index (χ1v) is 8.15. The molecule has 7 nitrogen and oxygen atoms in total. The van der Waals surface area contributed by atoms with Gasteiger partial charge in [-0.1, -0.05) is 13.8 Å². The van der Waals surface area contributed by atoms with Crippen LogP contribution in [0.2, 0.25) is 0 Å². The zero-order valence-electron chi connectivity index (χ0n) is 13.3. The van der Waals surface area contributed by atoms with Crippen LogP contribution in [-0.2, 0) is 14.4 Å². The zero-order chi connectivity index (χ0) is 17.1. The lowest BCUT2D eigenvalue weighted by Gasteiger charge is -2.22. The lowest BCUT2D eigenvalue weighted by Crippen LogP contribution is -2.53. The molecule has 0 unspecified atom stereocenters. The number of unbranched alkanes of at least 4 members (excludes halogenated alkanes) is 1. The van der Waals surface area contributed by atoms with Crippen LogP contribution in [0.5, 0.6) is 0 Å². The topological polar surface area (TPSA) is 127 Å². The average molecular weight is 332 g/mol. The maximum absolute atomic E-state index is 12.3. The van der Waals surface area contributed by atoms with Crippen molar-refractivity contribution in [1.29, 1.82) is 0 Å². The molecular formula is C14H28N4O3S. The van der Waals surface area contributed by atoms with E-state index in [1.54, 1.807) is 0 Å². The quantitative estimate of drug-likeness (QED) is 0.259. The minimum absolute atomic E-state index is 0.00802.